The van der Waals surface area contributed by atoms with Crippen LogP contribution in [0.1, 0.15) is 316 Å². The van der Waals surface area contributed by atoms with E-state index < -0.39 is 61.5 Å². The molecule has 0 aromatic heterocycles. The fraction of sp³-hybridized carbons (Fsp3) is 0.868. The number of aliphatic hydroxyl groups excluding tert-OH is 6. The van der Waals surface area contributed by atoms with Crippen molar-refractivity contribution in [3.8, 4) is 0 Å². The number of nitrogens with one attached hydrogen (secondary N) is 1. The van der Waals surface area contributed by atoms with E-state index in [2.05, 4.69) is 55.6 Å². The van der Waals surface area contributed by atoms with Gasteiger partial charge in [0.1, 0.15) is 30.5 Å². The zero-order valence-corrected chi connectivity index (χ0v) is 50.8. The highest BCUT2D eigenvalue weighted by Gasteiger charge is 2.44. The number of unbranched alkanes of at least 4 members (excludes halogenated alkanes) is 41. The Bertz CT molecular complexity index is 1390. The van der Waals surface area contributed by atoms with Crippen molar-refractivity contribution >= 4 is 5.91 Å². The van der Waals surface area contributed by atoms with Gasteiger partial charge in [-0.15, -0.1) is 0 Å². The molecule has 1 rings (SSSR count). The number of allylic oxidation sites excluding steroid dienone is 7. The van der Waals surface area contributed by atoms with Crippen molar-refractivity contribution in [3.05, 3.63) is 48.6 Å². The molecular formula is C68H127NO9. The van der Waals surface area contributed by atoms with Crippen LogP contribution in [-0.2, 0) is 14.3 Å². The molecule has 0 radical (unpaired) electrons. The Morgan fingerprint density at radius 3 is 1.19 bits per heavy atom. The van der Waals surface area contributed by atoms with Gasteiger partial charge >= 0.3 is 0 Å². The fourth-order valence-corrected chi connectivity index (χ4v) is 10.6. The van der Waals surface area contributed by atoms with E-state index in [1.807, 2.05) is 6.08 Å². The number of amides is 1. The first-order valence-electron chi connectivity index (χ1n) is 33.5. The molecule has 8 atom stereocenters. The maximum atomic E-state index is 13.2. The molecule has 1 aliphatic rings. The van der Waals surface area contributed by atoms with E-state index in [-0.39, 0.29) is 6.61 Å². The summed E-state index contributed by atoms with van der Waals surface area (Å²) in [4.78, 5) is 13.2. The van der Waals surface area contributed by atoms with Gasteiger partial charge in [0.2, 0.25) is 5.91 Å². The Hall–Kier alpha value is -1.89. The molecule has 0 aromatic carbocycles. The second kappa shape index (κ2) is 56.9. The topological polar surface area (TPSA) is 169 Å². The molecule has 0 bridgehead atoms. The van der Waals surface area contributed by atoms with E-state index in [4.69, 9.17) is 9.47 Å². The van der Waals surface area contributed by atoms with Gasteiger partial charge in [0, 0.05) is 0 Å². The van der Waals surface area contributed by atoms with E-state index in [1.165, 1.54) is 244 Å². The van der Waals surface area contributed by atoms with E-state index in [0.717, 1.165) is 38.5 Å². The van der Waals surface area contributed by atoms with Crippen molar-refractivity contribution in [1.82, 2.24) is 5.32 Å². The number of hydrogen-bond acceptors (Lipinski definition) is 9. The number of hydrogen-bond donors (Lipinski definition) is 7. The molecule has 1 aliphatic heterocycles. The molecule has 0 aliphatic carbocycles. The van der Waals surface area contributed by atoms with Gasteiger partial charge in [-0.1, -0.05) is 300 Å². The average Bonchev–Trinajstić information content (AvgIpc) is 3.44. The summed E-state index contributed by atoms with van der Waals surface area (Å²) in [5, 5.41) is 65.1. The van der Waals surface area contributed by atoms with Crippen molar-refractivity contribution in [3.63, 3.8) is 0 Å². The lowest BCUT2D eigenvalue weighted by Crippen LogP contribution is -2.60. The van der Waals surface area contributed by atoms with Crippen molar-refractivity contribution in [1.29, 1.82) is 0 Å². The van der Waals surface area contributed by atoms with Gasteiger partial charge in [0.25, 0.3) is 0 Å². The van der Waals surface area contributed by atoms with E-state index in [0.29, 0.717) is 19.3 Å². The zero-order chi connectivity index (χ0) is 56.6. The van der Waals surface area contributed by atoms with Crippen LogP contribution in [0.3, 0.4) is 0 Å². The number of rotatable bonds is 58. The van der Waals surface area contributed by atoms with E-state index >= 15 is 0 Å². The second-order valence-electron chi connectivity index (χ2n) is 23.4. The molecule has 10 heteroatoms. The Morgan fingerprint density at radius 2 is 0.795 bits per heavy atom. The van der Waals surface area contributed by atoms with Crippen LogP contribution in [0.25, 0.3) is 0 Å². The molecule has 0 aromatic rings. The summed E-state index contributed by atoms with van der Waals surface area (Å²) in [6.45, 7) is 3.63. The minimum Gasteiger partial charge on any atom is -0.394 e. The van der Waals surface area contributed by atoms with Crippen LogP contribution in [-0.4, -0.2) is 98.7 Å². The van der Waals surface area contributed by atoms with Gasteiger partial charge < -0.3 is 45.4 Å². The summed E-state index contributed by atoms with van der Waals surface area (Å²) >= 11 is 0. The van der Waals surface area contributed by atoms with E-state index in [9.17, 15) is 35.4 Å². The normalized spacial score (nSPS) is 19.3. The van der Waals surface area contributed by atoms with Crippen LogP contribution < -0.4 is 5.32 Å². The lowest BCUT2D eigenvalue weighted by Gasteiger charge is -2.40. The Balaban J connectivity index is 2.14. The second-order valence-corrected chi connectivity index (χ2v) is 23.4. The molecule has 1 fully saturated rings. The van der Waals surface area contributed by atoms with Crippen LogP contribution >= 0.6 is 0 Å². The first kappa shape index (κ1) is 74.1. The third-order valence-electron chi connectivity index (χ3n) is 16.0. The third-order valence-corrected chi connectivity index (χ3v) is 16.0. The third kappa shape index (κ3) is 44.7. The number of carbonyl (C=O) groups excluding carboxylic acids is 1. The first-order valence-corrected chi connectivity index (χ1v) is 33.5. The number of ether oxygens (including phenoxy) is 2. The molecule has 0 spiro atoms. The predicted molar refractivity (Wildman–Crippen MR) is 329 cm³/mol. The molecule has 10 nitrogen and oxygen atoms in total. The van der Waals surface area contributed by atoms with Crippen LogP contribution in [0.2, 0.25) is 0 Å². The molecule has 1 amide bonds. The summed E-state index contributed by atoms with van der Waals surface area (Å²) in [5.74, 6) is -0.623. The minimum absolute atomic E-state index is 0.304. The van der Waals surface area contributed by atoms with Crippen LogP contribution in [0.15, 0.2) is 48.6 Å². The van der Waals surface area contributed by atoms with Gasteiger partial charge in [0.15, 0.2) is 6.29 Å². The minimum atomic E-state index is -1.62. The lowest BCUT2D eigenvalue weighted by atomic mass is 9.99. The molecule has 0 saturated carbocycles. The summed E-state index contributed by atoms with van der Waals surface area (Å²) in [7, 11) is 0. The molecule has 78 heavy (non-hydrogen) atoms. The van der Waals surface area contributed by atoms with Crippen molar-refractivity contribution in [2.75, 3.05) is 13.2 Å². The largest absolute Gasteiger partial charge is 0.394 e. The number of aliphatic hydroxyl groups is 6. The van der Waals surface area contributed by atoms with Crippen LogP contribution in [0, 0.1) is 0 Å². The van der Waals surface area contributed by atoms with Crippen molar-refractivity contribution < 1.29 is 44.9 Å². The Labute approximate surface area is 480 Å². The smallest absolute Gasteiger partial charge is 0.249 e. The molecule has 458 valence electrons. The van der Waals surface area contributed by atoms with Gasteiger partial charge in [0.05, 0.1) is 25.4 Å². The molecular weight excluding hydrogens is 975 g/mol. The number of carbonyl (C=O) groups is 1. The van der Waals surface area contributed by atoms with Gasteiger partial charge in [-0.2, -0.15) is 0 Å². The summed E-state index contributed by atoms with van der Waals surface area (Å²) in [6.07, 6.45) is 66.8. The standard InChI is InChI=1S/C68H127NO9/c1-3-5-7-9-11-13-15-17-19-21-22-23-24-25-26-27-28-29-30-31-32-33-34-35-36-37-38-39-41-43-45-47-49-51-53-55-57-62(72)67(76)69-60(59-77-68-66(75)65(74)64(73)63(58-70)78-68)61(71)56-54-52-50-48-46-44-42-40-20-18-16-14-12-10-8-6-4-2/h26-27,29-30,46,48,54,56,60-66,68,70-75H,3-25,28,31-45,47,49-53,55,57-59H2,1-2H3,(H,69,76)/b27-26-,30-29-,48-46+,56-54+. The van der Waals surface area contributed by atoms with Crippen molar-refractivity contribution in [2.24, 2.45) is 0 Å². The summed E-state index contributed by atoms with van der Waals surface area (Å²) in [5.41, 5.74) is 0. The highest BCUT2D eigenvalue weighted by atomic mass is 16.7. The summed E-state index contributed by atoms with van der Waals surface area (Å²) in [6, 6.07) is -0.998. The highest BCUT2D eigenvalue weighted by Crippen LogP contribution is 2.23. The van der Waals surface area contributed by atoms with Gasteiger partial charge in [-0.3, -0.25) is 4.79 Å². The maximum absolute atomic E-state index is 13.2. The quantitative estimate of drug-likeness (QED) is 0.0232. The van der Waals surface area contributed by atoms with Gasteiger partial charge in [-0.25, -0.2) is 0 Å². The first-order chi connectivity index (χ1) is 38.3. The molecule has 1 heterocycles. The highest BCUT2D eigenvalue weighted by molar-refractivity contribution is 5.80. The maximum Gasteiger partial charge on any atom is 0.249 e. The SMILES string of the molecule is CCCCCCCCCCCCC/C=C/CC/C=C/C(O)C(COC1OC(CO)C(O)C(O)C1O)NC(=O)C(O)CCCCCCCCCCCCCCCCCC/C=C\C/C=C\CCCCCCCCCCCCCCC. The fourth-order valence-electron chi connectivity index (χ4n) is 10.6. The predicted octanol–water partition coefficient (Wildman–Crippen LogP) is 16.6. The van der Waals surface area contributed by atoms with Gasteiger partial charge in [-0.05, 0) is 64.2 Å². The van der Waals surface area contributed by atoms with Crippen molar-refractivity contribution in [2.45, 2.75) is 365 Å². The summed E-state index contributed by atoms with van der Waals surface area (Å²) < 4.78 is 11.2. The lowest BCUT2D eigenvalue weighted by molar-refractivity contribution is -0.302. The Morgan fingerprint density at radius 1 is 0.449 bits per heavy atom. The average molecular weight is 1100 g/mol. The monoisotopic (exact) mass is 1100 g/mol. The van der Waals surface area contributed by atoms with E-state index in [1.54, 1.807) is 6.08 Å². The molecule has 8 unspecified atom stereocenters. The molecule has 7 N–H and O–H groups in total. The molecule has 1 saturated heterocycles. The van der Waals surface area contributed by atoms with Crippen LogP contribution in [0.4, 0.5) is 0 Å². The Kier molecular flexibility index (Phi) is 54.1. The van der Waals surface area contributed by atoms with Crippen LogP contribution in [0.5, 0.6) is 0 Å². The zero-order valence-electron chi connectivity index (χ0n) is 50.8.